The van der Waals surface area contributed by atoms with Gasteiger partial charge in [0.25, 0.3) is 10.0 Å². The molecule has 3 rings (SSSR count). The Morgan fingerprint density at radius 3 is 2.41 bits per heavy atom. The van der Waals surface area contributed by atoms with Gasteiger partial charge in [0, 0.05) is 5.69 Å². The molecule has 6 heteroatoms. The first-order valence-corrected chi connectivity index (χ1v) is 10.2. The summed E-state index contributed by atoms with van der Waals surface area (Å²) < 4.78 is 27.6. The summed E-state index contributed by atoms with van der Waals surface area (Å²) in [6, 6.07) is 18.3. The van der Waals surface area contributed by atoms with Crippen molar-refractivity contribution in [2.24, 2.45) is 0 Å². The Labute approximate surface area is 160 Å². The van der Waals surface area contributed by atoms with Crippen LogP contribution < -0.4 is 10.0 Å². The molecule has 0 aliphatic heterocycles. The zero-order chi connectivity index (χ0) is 19.4. The highest BCUT2D eigenvalue weighted by molar-refractivity contribution is 7.92. The third-order valence-corrected chi connectivity index (χ3v) is 5.54. The van der Waals surface area contributed by atoms with Crippen LogP contribution in [-0.4, -0.2) is 13.4 Å². The lowest BCUT2D eigenvalue weighted by atomic mass is 10.0. The predicted octanol–water partition coefficient (Wildman–Crippen LogP) is 5.06. The van der Waals surface area contributed by atoms with E-state index < -0.39 is 10.0 Å². The maximum absolute atomic E-state index is 12.5. The number of nitrogens with one attached hydrogen (secondary N) is 2. The lowest BCUT2D eigenvalue weighted by molar-refractivity contribution is 0.601. The average molecular weight is 382 g/mol. The van der Waals surface area contributed by atoms with Gasteiger partial charge in [0.15, 0.2) is 0 Å². The van der Waals surface area contributed by atoms with Crippen LogP contribution in [0.15, 0.2) is 71.8 Å². The van der Waals surface area contributed by atoms with Crippen molar-refractivity contribution in [2.75, 3.05) is 10.0 Å². The Kier molecular flexibility index (Phi) is 5.46. The minimum Gasteiger partial charge on any atom is -0.340 e. The zero-order valence-electron chi connectivity index (χ0n) is 15.6. The molecule has 0 aliphatic carbocycles. The summed E-state index contributed by atoms with van der Waals surface area (Å²) in [5.41, 5.74) is 3.50. The summed E-state index contributed by atoms with van der Waals surface area (Å²) in [6.45, 7) is 6.13. The second-order valence-electron chi connectivity index (χ2n) is 6.72. The molecule has 0 unspecified atom stereocenters. The summed E-state index contributed by atoms with van der Waals surface area (Å²) in [6.07, 6.45) is 1.51. The van der Waals surface area contributed by atoms with E-state index in [0.717, 1.165) is 11.3 Å². The average Bonchev–Trinajstić information content (AvgIpc) is 2.63. The van der Waals surface area contributed by atoms with Crippen molar-refractivity contribution in [3.05, 3.63) is 78.0 Å². The first-order valence-electron chi connectivity index (χ1n) is 8.76. The highest BCUT2D eigenvalue weighted by Crippen LogP contribution is 2.26. The minimum atomic E-state index is -3.64. The van der Waals surface area contributed by atoms with Gasteiger partial charge in [0.2, 0.25) is 0 Å². The van der Waals surface area contributed by atoms with E-state index in [1.807, 2.05) is 31.2 Å². The number of nitrogens with zero attached hydrogens (tertiary/aromatic N) is 1. The normalized spacial score (nSPS) is 11.4. The molecule has 140 valence electrons. The number of sulfonamides is 1. The quantitative estimate of drug-likeness (QED) is 0.626. The van der Waals surface area contributed by atoms with E-state index in [1.54, 1.807) is 30.3 Å². The molecule has 2 N–H and O–H groups in total. The molecule has 0 fully saturated rings. The molecule has 0 amide bonds. The first-order chi connectivity index (χ1) is 12.8. The third kappa shape index (κ3) is 4.65. The van der Waals surface area contributed by atoms with Gasteiger partial charge in [0.1, 0.15) is 5.82 Å². The number of para-hydroxylation sites is 1. The Morgan fingerprint density at radius 1 is 0.963 bits per heavy atom. The molecule has 0 bridgehead atoms. The van der Waals surface area contributed by atoms with Gasteiger partial charge in [-0.2, -0.15) is 0 Å². The molecule has 2 aromatic carbocycles. The molecule has 0 saturated heterocycles. The molecule has 0 radical (unpaired) electrons. The summed E-state index contributed by atoms with van der Waals surface area (Å²) >= 11 is 0. The largest absolute Gasteiger partial charge is 0.340 e. The van der Waals surface area contributed by atoms with Crippen molar-refractivity contribution in [3.63, 3.8) is 0 Å². The van der Waals surface area contributed by atoms with Crippen LogP contribution in [0.25, 0.3) is 0 Å². The predicted molar refractivity (Wildman–Crippen MR) is 110 cm³/mol. The fourth-order valence-corrected chi connectivity index (χ4v) is 3.92. The van der Waals surface area contributed by atoms with E-state index >= 15 is 0 Å². The van der Waals surface area contributed by atoms with Gasteiger partial charge in [-0.1, -0.05) is 44.2 Å². The van der Waals surface area contributed by atoms with Gasteiger partial charge in [-0.15, -0.1) is 0 Å². The van der Waals surface area contributed by atoms with Crippen molar-refractivity contribution in [1.29, 1.82) is 0 Å². The SMILES string of the molecule is Cc1cccc(S(=O)(=O)Nc2ccc(Nc3ccccc3C(C)C)nc2)c1. The van der Waals surface area contributed by atoms with Gasteiger partial charge in [-0.3, -0.25) is 4.72 Å². The van der Waals surface area contributed by atoms with Crippen molar-refractivity contribution in [2.45, 2.75) is 31.6 Å². The maximum Gasteiger partial charge on any atom is 0.261 e. The zero-order valence-corrected chi connectivity index (χ0v) is 16.4. The van der Waals surface area contributed by atoms with E-state index in [0.29, 0.717) is 17.4 Å². The number of pyridine rings is 1. The van der Waals surface area contributed by atoms with Gasteiger partial charge in [0.05, 0.1) is 16.8 Å². The fourth-order valence-electron chi connectivity index (χ4n) is 2.78. The van der Waals surface area contributed by atoms with E-state index in [-0.39, 0.29) is 4.90 Å². The van der Waals surface area contributed by atoms with Gasteiger partial charge >= 0.3 is 0 Å². The first kappa shape index (κ1) is 18.9. The maximum atomic E-state index is 12.5. The number of anilines is 3. The topological polar surface area (TPSA) is 71.1 Å². The van der Waals surface area contributed by atoms with Crippen LogP contribution in [0.1, 0.15) is 30.9 Å². The second kappa shape index (κ2) is 7.80. The van der Waals surface area contributed by atoms with Crippen LogP contribution in [0.2, 0.25) is 0 Å². The number of rotatable bonds is 6. The molecule has 1 heterocycles. The molecular formula is C21H23N3O2S. The van der Waals surface area contributed by atoms with Crippen molar-refractivity contribution >= 4 is 27.2 Å². The van der Waals surface area contributed by atoms with Crippen molar-refractivity contribution in [3.8, 4) is 0 Å². The van der Waals surface area contributed by atoms with E-state index in [4.69, 9.17) is 0 Å². The highest BCUT2D eigenvalue weighted by atomic mass is 32.2. The standard InChI is InChI=1S/C21H23N3O2S/c1-15(2)19-9-4-5-10-20(19)23-21-12-11-17(14-22-21)24-27(25,26)18-8-6-7-16(3)13-18/h4-15,24H,1-3H3,(H,22,23). The molecule has 0 saturated carbocycles. The Hall–Kier alpha value is -2.86. The van der Waals surface area contributed by atoms with Gasteiger partial charge in [-0.25, -0.2) is 13.4 Å². The number of benzene rings is 2. The lowest BCUT2D eigenvalue weighted by Crippen LogP contribution is -2.13. The molecule has 3 aromatic rings. The lowest BCUT2D eigenvalue weighted by Gasteiger charge is -2.14. The van der Waals surface area contributed by atoms with Crippen LogP contribution in [-0.2, 0) is 10.0 Å². The number of aryl methyl sites for hydroxylation is 1. The molecular weight excluding hydrogens is 358 g/mol. The van der Waals surface area contributed by atoms with Crippen molar-refractivity contribution in [1.82, 2.24) is 4.98 Å². The Bertz CT molecular complexity index is 1030. The van der Waals surface area contributed by atoms with Crippen molar-refractivity contribution < 1.29 is 8.42 Å². The third-order valence-electron chi connectivity index (χ3n) is 4.16. The summed E-state index contributed by atoms with van der Waals surface area (Å²) in [7, 11) is -3.64. The number of hydrogen-bond donors (Lipinski definition) is 2. The smallest absolute Gasteiger partial charge is 0.261 e. The summed E-state index contributed by atoms with van der Waals surface area (Å²) in [5, 5.41) is 3.29. The van der Waals surface area contributed by atoms with Crippen LogP contribution in [0.4, 0.5) is 17.2 Å². The van der Waals surface area contributed by atoms with E-state index in [1.165, 1.54) is 11.8 Å². The molecule has 1 aromatic heterocycles. The minimum absolute atomic E-state index is 0.232. The molecule has 27 heavy (non-hydrogen) atoms. The summed E-state index contributed by atoms with van der Waals surface area (Å²) in [5.74, 6) is 1.04. The molecule has 0 spiro atoms. The highest BCUT2D eigenvalue weighted by Gasteiger charge is 2.14. The Morgan fingerprint density at radius 2 is 1.74 bits per heavy atom. The molecule has 5 nitrogen and oxygen atoms in total. The van der Waals surface area contributed by atoms with Crippen LogP contribution in [0.3, 0.4) is 0 Å². The molecule has 0 atom stereocenters. The van der Waals surface area contributed by atoms with E-state index in [9.17, 15) is 8.42 Å². The van der Waals surface area contributed by atoms with Crippen LogP contribution >= 0.6 is 0 Å². The summed E-state index contributed by atoms with van der Waals surface area (Å²) in [4.78, 5) is 4.56. The Balaban J connectivity index is 1.76. The van der Waals surface area contributed by atoms with Gasteiger partial charge < -0.3 is 5.32 Å². The van der Waals surface area contributed by atoms with Gasteiger partial charge in [-0.05, 0) is 54.3 Å². The monoisotopic (exact) mass is 381 g/mol. The number of aromatic nitrogens is 1. The second-order valence-corrected chi connectivity index (χ2v) is 8.40. The molecule has 0 aliphatic rings. The van der Waals surface area contributed by atoms with E-state index in [2.05, 4.69) is 34.9 Å². The van der Waals surface area contributed by atoms with Crippen LogP contribution in [0, 0.1) is 6.92 Å². The number of hydrogen-bond acceptors (Lipinski definition) is 4. The van der Waals surface area contributed by atoms with Crippen LogP contribution in [0.5, 0.6) is 0 Å². The fraction of sp³-hybridized carbons (Fsp3) is 0.190.